The van der Waals surface area contributed by atoms with Crippen molar-refractivity contribution in [2.75, 3.05) is 0 Å². The van der Waals surface area contributed by atoms with Crippen LogP contribution in [0.25, 0.3) is 0 Å². The second kappa shape index (κ2) is 6.32. The molecule has 0 saturated carbocycles. The highest BCUT2D eigenvalue weighted by molar-refractivity contribution is 7.80. The van der Waals surface area contributed by atoms with Gasteiger partial charge in [0, 0.05) is 17.7 Å². The third kappa shape index (κ3) is 3.55. The molecule has 0 saturated heterocycles. The van der Waals surface area contributed by atoms with E-state index in [0.717, 1.165) is 0 Å². The largest absolute Gasteiger partial charge is 0.507 e. The van der Waals surface area contributed by atoms with Gasteiger partial charge in [0.25, 0.3) is 5.91 Å². The van der Waals surface area contributed by atoms with Gasteiger partial charge in [-0.25, -0.2) is 4.39 Å². The number of carbonyl (C=O) groups excluding carboxylic acids is 1. The maximum atomic E-state index is 13.8. The van der Waals surface area contributed by atoms with Gasteiger partial charge in [-0.1, -0.05) is 36.5 Å². The molecule has 0 atom stereocenters. The standard InChI is InChI=1S/C15H13FN2O2S/c16-12-7-9(14(17)21)5-6-10(12)8-18-15(20)11-3-1-2-4-13(11)19/h1-7,19H,8H2,(H2,17,21)(H,18,20). The number of amides is 1. The summed E-state index contributed by atoms with van der Waals surface area (Å²) in [7, 11) is 0. The summed E-state index contributed by atoms with van der Waals surface area (Å²) in [6.07, 6.45) is 0. The molecule has 21 heavy (non-hydrogen) atoms. The number of aromatic hydroxyl groups is 1. The van der Waals surface area contributed by atoms with Crippen molar-refractivity contribution < 1.29 is 14.3 Å². The minimum atomic E-state index is -0.502. The van der Waals surface area contributed by atoms with Crippen LogP contribution in [-0.2, 0) is 6.54 Å². The second-order valence-electron chi connectivity index (χ2n) is 4.37. The van der Waals surface area contributed by atoms with E-state index >= 15 is 0 Å². The van der Waals surface area contributed by atoms with Gasteiger partial charge in [0.15, 0.2) is 0 Å². The average Bonchev–Trinajstić information content (AvgIpc) is 2.46. The van der Waals surface area contributed by atoms with Gasteiger partial charge in [-0.05, 0) is 18.2 Å². The van der Waals surface area contributed by atoms with E-state index in [9.17, 15) is 14.3 Å². The summed E-state index contributed by atoms with van der Waals surface area (Å²) in [6.45, 7) is -0.00336. The van der Waals surface area contributed by atoms with Crippen molar-refractivity contribution in [2.24, 2.45) is 5.73 Å². The molecule has 0 heterocycles. The van der Waals surface area contributed by atoms with E-state index in [4.69, 9.17) is 18.0 Å². The highest BCUT2D eigenvalue weighted by Gasteiger charge is 2.11. The van der Waals surface area contributed by atoms with E-state index in [1.54, 1.807) is 18.2 Å². The number of nitrogens with one attached hydrogen (secondary N) is 1. The van der Waals surface area contributed by atoms with E-state index in [0.29, 0.717) is 11.1 Å². The van der Waals surface area contributed by atoms with Crippen molar-refractivity contribution in [3.8, 4) is 5.75 Å². The van der Waals surface area contributed by atoms with Crippen LogP contribution in [0.4, 0.5) is 4.39 Å². The SMILES string of the molecule is NC(=S)c1ccc(CNC(=O)c2ccccc2O)c(F)c1. The first kappa shape index (κ1) is 14.9. The maximum Gasteiger partial charge on any atom is 0.255 e. The zero-order chi connectivity index (χ0) is 15.4. The summed E-state index contributed by atoms with van der Waals surface area (Å²) in [5.41, 5.74) is 6.28. The predicted octanol–water partition coefficient (Wildman–Crippen LogP) is 2.10. The number of hydrogen-bond donors (Lipinski definition) is 3. The number of carbonyl (C=O) groups is 1. The number of thiocarbonyl (C=S) groups is 1. The molecule has 2 rings (SSSR count). The Bertz CT molecular complexity index is 704. The minimum Gasteiger partial charge on any atom is -0.507 e. The monoisotopic (exact) mass is 304 g/mol. The molecule has 0 aromatic heterocycles. The Balaban J connectivity index is 2.08. The number of para-hydroxylation sites is 1. The predicted molar refractivity (Wildman–Crippen MR) is 81.6 cm³/mol. The fraction of sp³-hybridized carbons (Fsp3) is 0.0667. The summed E-state index contributed by atoms with van der Waals surface area (Å²) < 4.78 is 13.8. The number of rotatable bonds is 4. The molecule has 4 N–H and O–H groups in total. The Morgan fingerprint density at radius 1 is 1.29 bits per heavy atom. The lowest BCUT2D eigenvalue weighted by Crippen LogP contribution is -2.23. The van der Waals surface area contributed by atoms with Gasteiger partial charge in [-0.2, -0.15) is 0 Å². The quantitative estimate of drug-likeness (QED) is 0.756. The summed E-state index contributed by atoms with van der Waals surface area (Å²) in [6, 6.07) is 10.5. The number of phenolic OH excluding ortho intramolecular Hbond substituents is 1. The normalized spacial score (nSPS) is 10.1. The van der Waals surface area contributed by atoms with Gasteiger partial charge in [-0.3, -0.25) is 4.79 Å². The molecule has 0 unspecified atom stereocenters. The Labute approximate surface area is 126 Å². The molecule has 6 heteroatoms. The lowest BCUT2D eigenvalue weighted by atomic mass is 10.1. The third-order valence-corrected chi connectivity index (χ3v) is 3.16. The molecule has 4 nitrogen and oxygen atoms in total. The second-order valence-corrected chi connectivity index (χ2v) is 4.81. The lowest BCUT2D eigenvalue weighted by molar-refractivity contribution is 0.0948. The summed E-state index contributed by atoms with van der Waals surface area (Å²) in [5, 5.41) is 12.1. The first-order valence-electron chi connectivity index (χ1n) is 6.13. The summed E-state index contributed by atoms with van der Waals surface area (Å²) in [4.78, 5) is 12.0. The Morgan fingerprint density at radius 2 is 2.00 bits per heavy atom. The van der Waals surface area contributed by atoms with Crippen molar-refractivity contribution in [1.82, 2.24) is 5.32 Å². The lowest BCUT2D eigenvalue weighted by Gasteiger charge is -2.08. The molecule has 0 aliphatic rings. The highest BCUT2D eigenvalue weighted by atomic mass is 32.1. The highest BCUT2D eigenvalue weighted by Crippen LogP contribution is 2.16. The van der Waals surface area contributed by atoms with E-state index in [1.165, 1.54) is 24.3 Å². The Kier molecular flexibility index (Phi) is 4.49. The molecule has 0 fully saturated rings. The zero-order valence-corrected chi connectivity index (χ0v) is 11.8. The molecule has 0 aliphatic heterocycles. The zero-order valence-electron chi connectivity index (χ0n) is 11.0. The first-order chi connectivity index (χ1) is 9.99. The molecule has 0 bridgehead atoms. The molecule has 2 aromatic rings. The number of nitrogens with two attached hydrogens (primary N) is 1. The smallest absolute Gasteiger partial charge is 0.255 e. The van der Waals surface area contributed by atoms with Gasteiger partial charge < -0.3 is 16.2 Å². The van der Waals surface area contributed by atoms with Crippen molar-refractivity contribution in [2.45, 2.75) is 6.54 Å². The van der Waals surface area contributed by atoms with Crippen LogP contribution in [0, 0.1) is 5.82 Å². The van der Waals surface area contributed by atoms with Gasteiger partial charge in [-0.15, -0.1) is 0 Å². The van der Waals surface area contributed by atoms with Crippen molar-refractivity contribution in [1.29, 1.82) is 0 Å². The van der Waals surface area contributed by atoms with Gasteiger partial charge >= 0.3 is 0 Å². The fourth-order valence-electron chi connectivity index (χ4n) is 1.78. The molecule has 2 aromatic carbocycles. The van der Waals surface area contributed by atoms with Gasteiger partial charge in [0.2, 0.25) is 0 Å². The van der Waals surface area contributed by atoms with Crippen LogP contribution in [0.2, 0.25) is 0 Å². The molecule has 0 radical (unpaired) electrons. The number of phenols is 1. The topological polar surface area (TPSA) is 75.3 Å². The Morgan fingerprint density at radius 3 is 2.62 bits per heavy atom. The van der Waals surface area contributed by atoms with E-state index in [2.05, 4.69) is 5.32 Å². The van der Waals surface area contributed by atoms with E-state index in [-0.39, 0.29) is 22.8 Å². The van der Waals surface area contributed by atoms with Crippen LogP contribution in [-0.4, -0.2) is 16.0 Å². The minimum absolute atomic E-state index is 0.00336. The molecular formula is C15H13FN2O2S. The van der Waals surface area contributed by atoms with Crippen LogP contribution < -0.4 is 11.1 Å². The van der Waals surface area contributed by atoms with E-state index in [1.807, 2.05) is 0 Å². The van der Waals surface area contributed by atoms with Crippen LogP contribution in [0.15, 0.2) is 42.5 Å². The molecule has 0 aliphatic carbocycles. The van der Waals surface area contributed by atoms with E-state index < -0.39 is 11.7 Å². The first-order valence-corrected chi connectivity index (χ1v) is 6.54. The molecule has 0 spiro atoms. The van der Waals surface area contributed by atoms with Crippen molar-refractivity contribution in [3.05, 3.63) is 65.0 Å². The number of benzene rings is 2. The Hall–Kier alpha value is -2.47. The average molecular weight is 304 g/mol. The molecular weight excluding hydrogens is 291 g/mol. The molecule has 1 amide bonds. The van der Waals surface area contributed by atoms with Gasteiger partial charge in [0.05, 0.1) is 5.56 Å². The number of hydrogen-bond acceptors (Lipinski definition) is 3. The van der Waals surface area contributed by atoms with Crippen molar-refractivity contribution >= 4 is 23.1 Å². The van der Waals surface area contributed by atoms with Crippen LogP contribution in [0.1, 0.15) is 21.5 Å². The van der Waals surface area contributed by atoms with Gasteiger partial charge in [0.1, 0.15) is 16.6 Å². The van der Waals surface area contributed by atoms with Crippen LogP contribution in [0.5, 0.6) is 5.75 Å². The summed E-state index contributed by atoms with van der Waals surface area (Å²) >= 11 is 4.76. The maximum absolute atomic E-state index is 13.8. The third-order valence-electron chi connectivity index (χ3n) is 2.93. The number of halogens is 1. The van der Waals surface area contributed by atoms with Crippen LogP contribution >= 0.6 is 12.2 Å². The fourth-order valence-corrected chi connectivity index (χ4v) is 1.91. The summed E-state index contributed by atoms with van der Waals surface area (Å²) in [5.74, 6) is -1.11. The van der Waals surface area contributed by atoms with Crippen LogP contribution in [0.3, 0.4) is 0 Å². The van der Waals surface area contributed by atoms with Crippen molar-refractivity contribution in [3.63, 3.8) is 0 Å². The molecule has 108 valence electrons.